The predicted molar refractivity (Wildman–Crippen MR) is 210 cm³/mol. The largest absolute Gasteiger partial charge is 0.497 e. The lowest BCUT2D eigenvalue weighted by Crippen LogP contribution is -2.67. The van der Waals surface area contributed by atoms with Crippen LogP contribution in [0.5, 0.6) is 5.75 Å². The Kier molecular flexibility index (Phi) is 15.1. The van der Waals surface area contributed by atoms with Crippen molar-refractivity contribution in [1.82, 2.24) is 0 Å². The second-order valence-electron chi connectivity index (χ2n) is 15.4. The molecule has 1 N–H and O–H groups in total. The molecule has 3 aromatic carbocycles. The molecule has 0 saturated carbocycles. The molecule has 0 aliphatic heterocycles. The standard InChI is InChI=1S/C42H60O5Si2/c1-34(46-48(9,10)41(2,3)4)20-14-11-15-21-36(43)28-31-38(33-45-32-35-26-29-37(44-8)30-27-35)47-49(42(5,6)7,39-22-16-12-17-23-39)40-24-18-13-19-25-40/h12-13,16-19,22-31,34,36,38,43H,11,14,20,32-33H2,1-10H3/b31-28-/t34-,36+,38-/m0/s1. The molecule has 3 rings (SSSR count). The number of aliphatic hydroxyl groups excluding tert-OH is 1. The Morgan fingerprint density at radius 1 is 0.776 bits per heavy atom. The Labute approximate surface area is 299 Å². The maximum Gasteiger partial charge on any atom is 0.261 e. The van der Waals surface area contributed by atoms with Crippen LogP contribution in [0.15, 0.2) is 97.1 Å². The first kappa shape index (κ1) is 40.5. The van der Waals surface area contributed by atoms with Crippen molar-refractivity contribution < 1.29 is 23.4 Å². The number of aliphatic hydroxyl groups is 1. The molecule has 3 atom stereocenters. The van der Waals surface area contributed by atoms with Crippen molar-refractivity contribution >= 4 is 27.0 Å². The van der Waals surface area contributed by atoms with E-state index in [0.29, 0.717) is 19.6 Å². The van der Waals surface area contributed by atoms with Gasteiger partial charge in [0.15, 0.2) is 8.32 Å². The Morgan fingerprint density at radius 2 is 1.35 bits per heavy atom. The van der Waals surface area contributed by atoms with Crippen molar-refractivity contribution in [3.8, 4) is 17.6 Å². The topological polar surface area (TPSA) is 57.2 Å². The first-order valence-electron chi connectivity index (χ1n) is 17.6. The predicted octanol–water partition coefficient (Wildman–Crippen LogP) is 8.66. The van der Waals surface area contributed by atoms with Crippen LogP contribution in [0, 0.1) is 11.8 Å². The second-order valence-corrected chi connectivity index (χ2v) is 24.4. The van der Waals surface area contributed by atoms with E-state index in [1.54, 1.807) is 13.2 Å². The summed E-state index contributed by atoms with van der Waals surface area (Å²) in [4.78, 5) is 0. The molecule has 0 radical (unpaired) electrons. The molecule has 0 fully saturated rings. The maximum atomic E-state index is 10.9. The summed E-state index contributed by atoms with van der Waals surface area (Å²) in [7, 11) is -3.01. The van der Waals surface area contributed by atoms with E-state index in [-0.39, 0.29) is 16.2 Å². The molecule has 0 aliphatic carbocycles. The lowest BCUT2D eigenvalue weighted by atomic mass is 10.1. The first-order valence-corrected chi connectivity index (χ1v) is 22.4. The van der Waals surface area contributed by atoms with Crippen LogP contribution in [-0.4, -0.2) is 53.8 Å². The SMILES string of the molecule is COc1ccc(COC[C@H](/C=C\[C@H](O)C#CCCC[C@H](C)O[Si](C)(C)C(C)(C)C)O[Si](c2ccccc2)(c2ccccc2)C(C)(C)C)cc1. The summed E-state index contributed by atoms with van der Waals surface area (Å²) in [5.41, 5.74) is 1.05. The van der Waals surface area contributed by atoms with Crippen molar-refractivity contribution in [3.05, 3.63) is 103 Å². The van der Waals surface area contributed by atoms with Gasteiger partial charge in [0.25, 0.3) is 8.32 Å². The molecule has 0 aliphatic rings. The average molecular weight is 701 g/mol. The van der Waals surface area contributed by atoms with Gasteiger partial charge in [0.1, 0.15) is 11.9 Å². The average Bonchev–Trinajstić information content (AvgIpc) is 3.05. The fraction of sp³-hybridized carbons (Fsp3) is 0.476. The number of unbranched alkanes of at least 4 members (excludes halogenated alkanes) is 1. The highest BCUT2D eigenvalue weighted by Crippen LogP contribution is 2.38. The second kappa shape index (κ2) is 18.3. The molecule has 5 nitrogen and oxygen atoms in total. The third-order valence-corrected chi connectivity index (χ3v) is 19.1. The highest BCUT2D eigenvalue weighted by Gasteiger charge is 2.51. The van der Waals surface area contributed by atoms with Gasteiger partial charge in [-0.15, -0.1) is 5.92 Å². The molecular weight excluding hydrogens is 641 g/mol. The Hall–Kier alpha value is -2.97. The van der Waals surface area contributed by atoms with Crippen molar-refractivity contribution in [1.29, 1.82) is 0 Å². The van der Waals surface area contributed by atoms with Crippen LogP contribution < -0.4 is 15.1 Å². The van der Waals surface area contributed by atoms with Crippen molar-refractivity contribution in [3.63, 3.8) is 0 Å². The molecule has 0 saturated heterocycles. The molecule has 0 heterocycles. The third-order valence-electron chi connectivity index (χ3n) is 9.43. The van der Waals surface area contributed by atoms with Gasteiger partial charge >= 0.3 is 0 Å². The lowest BCUT2D eigenvalue weighted by Gasteiger charge is -2.44. The summed E-state index contributed by atoms with van der Waals surface area (Å²) >= 11 is 0. The smallest absolute Gasteiger partial charge is 0.261 e. The Morgan fingerprint density at radius 3 is 1.86 bits per heavy atom. The Balaban J connectivity index is 1.80. The zero-order valence-corrected chi connectivity index (χ0v) is 33.6. The van der Waals surface area contributed by atoms with E-state index in [2.05, 4.69) is 122 Å². The van der Waals surface area contributed by atoms with Crippen LogP contribution in [0.3, 0.4) is 0 Å². The van der Waals surface area contributed by atoms with E-state index in [1.165, 1.54) is 10.4 Å². The summed E-state index contributed by atoms with van der Waals surface area (Å²) in [6.45, 7) is 21.1. The van der Waals surface area contributed by atoms with Gasteiger partial charge in [-0.25, -0.2) is 0 Å². The minimum atomic E-state index is -2.88. The normalized spacial score (nSPS) is 14.6. The molecule has 0 aromatic heterocycles. The van der Waals surface area contributed by atoms with Gasteiger partial charge in [0, 0.05) is 12.5 Å². The van der Waals surface area contributed by atoms with Crippen molar-refractivity contribution in [2.75, 3.05) is 13.7 Å². The molecule has 0 unspecified atom stereocenters. The molecular formula is C42H60O5Si2. The fourth-order valence-electron chi connectivity index (χ4n) is 5.73. The fourth-order valence-corrected chi connectivity index (χ4v) is 11.8. The molecule has 0 bridgehead atoms. The van der Waals surface area contributed by atoms with E-state index in [0.717, 1.165) is 24.2 Å². The zero-order valence-electron chi connectivity index (χ0n) is 31.6. The highest BCUT2D eigenvalue weighted by molar-refractivity contribution is 6.99. The summed E-state index contributed by atoms with van der Waals surface area (Å²) in [6.07, 6.45) is 5.14. The van der Waals surface area contributed by atoms with Crippen LogP contribution in [0.1, 0.15) is 73.3 Å². The minimum Gasteiger partial charge on any atom is -0.497 e. The zero-order chi connectivity index (χ0) is 36.1. The number of ether oxygens (including phenoxy) is 2. The Bertz CT molecular complexity index is 1440. The summed E-state index contributed by atoms with van der Waals surface area (Å²) in [5.74, 6) is 7.02. The number of methoxy groups -OCH3 is 1. The number of benzene rings is 3. The maximum absolute atomic E-state index is 10.9. The van der Waals surface area contributed by atoms with E-state index in [9.17, 15) is 5.11 Å². The lowest BCUT2D eigenvalue weighted by molar-refractivity contribution is 0.0564. The summed E-state index contributed by atoms with van der Waals surface area (Å²) < 4.78 is 25.5. The summed E-state index contributed by atoms with van der Waals surface area (Å²) in [6, 6.07) is 29.0. The van der Waals surface area contributed by atoms with Gasteiger partial charge < -0.3 is 23.4 Å². The van der Waals surface area contributed by atoms with Crippen LogP contribution in [0.2, 0.25) is 23.2 Å². The molecule has 3 aromatic rings. The molecule has 0 spiro atoms. The van der Waals surface area contributed by atoms with Gasteiger partial charge in [-0.3, -0.25) is 0 Å². The van der Waals surface area contributed by atoms with Crippen LogP contribution in [0.25, 0.3) is 0 Å². The highest BCUT2D eigenvalue weighted by atomic mass is 28.4. The minimum absolute atomic E-state index is 0.191. The van der Waals surface area contributed by atoms with Crippen LogP contribution in [-0.2, 0) is 20.2 Å². The van der Waals surface area contributed by atoms with E-state index >= 15 is 0 Å². The number of hydrogen-bond acceptors (Lipinski definition) is 5. The molecule has 0 amide bonds. The number of hydrogen-bond donors (Lipinski definition) is 1. The van der Waals surface area contributed by atoms with E-state index < -0.39 is 28.8 Å². The van der Waals surface area contributed by atoms with Crippen molar-refractivity contribution in [2.45, 2.75) is 116 Å². The third kappa shape index (κ3) is 11.8. The molecule has 7 heteroatoms. The van der Waals surface area contributed by atoms with Crippen LogP contribution >= 0.6 is 0 Å². The quantitative estimate of drug-likeness (QED) is 0.0702. The van der Waals surface area contributed by atoms with Gasteiger partial charge in [-0.05, 0) is 77.1 Å². The van der Waals surface area contributed by atoms with E-state index in [1.807, 2.05) is 42.5 Å². The van der Waals surface area contributed by atoms with Crippen LogP contribution in [0.4, 0.5) is 0 Å². The van der Waals surface area contributed by atoms with Gasteiger partial charge in [0.2, 0.25) is 0 Å². The van der Waals surface area contributed by atoms with Gasteiger partial charge in [-0.1, -0.05) is 126 Å². The van der Waals surface area contributed by atoms with Crippen molar-refractivity contribution in [2.24, 2.45) is 0 Å². The monoisotopic (exact) mass is 700 g/mol. The van der Waals surface area contributed by atoms with Gasteiger partial charge in [-0.2, -0.15) is 0 Å². The van der Waals surface area contributed by atoms with E-state index in [4.69, 9.17) is 18.3 Å². The summed E-state index contributed by atoms with van der Waals surface area (Å²) in [5, 5.41) is 13.3. The molecule has 49 heavy (non-hydrogen) atoms. The number of rotatable bonds is 16. The first-order chi connectivity index (χ1) is 23.1. The molecule has 266 valence electrons. The van der Waals surface area contributed by atoms with Gasteiger partial charge in [0.05, 0.1) is 26.4 Å².